The molecule has 4 aromatic rings. The van der Waals surface area contributed by atoms with Crippen LogP contribution < -0.4 is 10.1 Å². The second kappa shape index (κ2) is 12.9. The fraction of sp³-hybridized carbons (Fsp3) is 0.296. The topological polar surface area (TPSA) is 105 Å². The number of nitrogens with one attached hydrogen (secondary N) is 1. The number of hydrogen-bond acceptors (Lipinski definition) is 7. The molecular weight excluding hydrogens is 549 g/mol. The number of benzene rings is 1. The molecule has 1 amide bonds. The first-order valence-electron chi connectivity index (χ1n) is 12.3. The van der Waals surface area contributed by atoms with Crippen molar-refractivity contribution in [3.05, 3.63) is 65.7 Å². The number of methoxy groups -OCH3 is 1. The number of carbonyl (C=O) groups excluding carboxylic acids is 1. The summed E-state index contributed by atoms with van der Waals surface area (Å²) in [5, 5.41) is 13.1. The molecule has 40 heavy (non-hydrogen) atoms. The molecule has 13 heteroatoms. The second-order valence-electron chi connectivity index (χ2n) is 8.68. The van der Waals surface area contributed by atoms with Crippen LogP contribution in [0.25, 0.3) is 27.5 Å². The van der Waals surface area contributed by atoms with Crippen LogP contribution in [-0.2, 0) is 9.53 Å². The quantitative estimate of drug-likeness (QED) is 0.335. The van der Waals surface area contributed by atoms with Gasteiger partial charge in [-0.2, -0.15) is 13.2 Å². The zero-order valence-corrected chi connectivity index (χ0v) is 22.3. The van der Waals surface area contributed by atoms with Crippen LogP contribution in [-0.4, -0.2) is 83.9 Å². The molecule has 1 saturated heterocycles. The molecule has 1 aliphatic heterocycles. The van der Waals surface area contributed by atoms with E-state index in [0.717, 1.165) is 66.1 Å². The molecule has 9 nitrogen and oxygen atoms in total. The third kappa shape index (κ3) is 7.17. The Bertz CT molecular complexity index is 1460. The summed E-state index contributed by atoms with van der Waals surface area (Å²) in [5.74, 6) is -2.03. The van der Waals surface area contributed by atoms with E-state index >= 15 is 0 Å². The zero-order chi connectivity index (χ0) is 28.7. The molecule has 0 unspecified atom stereocenters. The molecule has 3 aromatic heterocycles. The number of carboxylic acid groups (broad SMARTS) is 1. The van der Waals surface area contributed by atoms with Crippen LogP contribution in [0.3, 0.4) is 0 Å². The Kier molecular flexibility index (Phi) is 9.40. The average Bonchev–Trinajstić information content (AvgIpc) is 3.59. The number of thiazole rings is 1. The number of rotatable bonds is 7. The van der Waals surface area contributed by atoms with E-state index in [4.69, 9.17) is 24.4 Å². The maximum absolute atomic E-state index is 13.0. The largest absolute Gasteiger partial charge is 0.497 e. The summed E-state index contributed by atoms with van der Waals surface area (Å²) in [6.45, 7) is 4.77. The molecule has 0 saturated carbocycles. The fourth-order valence-corrected chi connectivity index (χ4v) is 4.87. The third-order valence-corrected chi connectivity index (χ3v) is 6.96. The normalized spacial score (nSPS) is 13.9. The van der Waals surface area contributed by atoms with Crippen molar-refractivity contribution in [1.29, 1.82) is 0 Å². The number of nitrogens with zero attached hydrogens (tertiary/aromatic N) is 3. The Morgan fingerprint density at radius 3 is 2.60 bits per heavy atom. The number of ether oxygens (including phenoxy) is 2. The van der Waals surface area contributed by atoms with E-state index < -0.39 is 12.1 Å². The monoisotopic (exact) mass is 576 g/mol. The highest BCUT2D eigenvalue weighted by molar-refractivity contribution is 7.13. The van der Waals surface area contributed by atoms with Gasteiger partial charge in [-0.1, -0.05) is 18.2 Å². The molecule has 5 rings (SSSR count). The Labute approximate surface area is 231 Å². The van der Waals surface area contributed by atoms with E-state index in [-0.39, 0.29) is 5.91 Å². The number of aromatic nitrogens is 2. The predicted molar refractivity (Wildman–Crippen MR) is 144 cm³/mol. The van der Waals surface area contributed by atoms with Crippen molar-refractivity contribution in [2.24, 2.45) is 0 Å². The molecule has 1 aliphatic rings. The maximum atomic E-state index is 13.0. The van der Waals surface area contributed by atoms with Gasteiger partial charge in [-0.05, 0) is 30.3 Å². The van der Waals surface area contributed by atoms with Gasteiger partial charge in [-0.25, -0.2) is 9.78 Å². The second-order valence-corrected chi connectivity index (χ2v) is 9.54. The number of pyridine rings is 1. The van der Waals surface area contributed by atoms with Crippen LogP contribution >= 0.6 is 11.3 Å². The van der Waals surface area contributed by atoms with E-state index in [1.807, 2.05) is 64.5 Å². The predicted octanol–water partition coefficient (Wildman–Crippen LogP) is 4.43. The lowest BCUT2D eigenvalue weighted by Gasteiger charge is -2.26. The molecule has 2 N–H and O–H groups in total. The standard InChI is InChI=1S/C25H26N4O3S.C2HF3O2/c1-31-19-6-4-5-18(15-19)25-27-21(17-33-25)23-16-20(22-7-2-3-9-29(22)23)24(30)26-8-10-28-11-13-32-14-12-28;3-2(4,5)1(6)7/h2-7,9,15-17H,8,10-14H2,1H3,(H,26,30);(H,6,7). The van der Waals surface area contributed by atoms with Crippen molar-refractivity contribution in [2.75, 3.05) is 46.5 Å². The van der Waals surface area contributed by atoms with Crippen LogP contribution in [0.2, 0.25) is 0 Å². The van der Waals surface area contributed by atoms with E-state index in [1.165, 1.54) is 0 Å². The SMILES string of the molecule is COc1cccc(-c2nc(-c3cc(C(=O)NCCN4CCOCC4)c4ccccn34)cs2)c1.O=C(O)C(F)(F)F. The number of halogens is 3. The van der Waals surface area contributed by atoms with Gasteiger partial charge in [0.15, 0.2) is 0 Å². The number of fused-ring (bicyclic) bond motifs is 1. The molecule has 0 spiro atoms. The zero-order valence-electron chi connectivity index (χ0n) is 21.5. The van der Waals surface area contributed by atoms with Crippen molar-refractivity contribution >= 4 is 28.7 Å². The summed E-state index contributed by atoms with van der Waals surface area (Å²) >= 11 is 1.58. The minimum absolute atomic E-state index is 0.0681. The van der Waals surface area contributed by atoms with Gasteiger partial charge in [-0.15, -0.1) is 11.3 Å². The van der Waals surface area contributed by atoms with Gasteiger partial charge >= 0.3 is 12.1 Å². The summed E-state index contributed by atoms with van der Waals surface area (Å²) in [4.78, 5) is 29.1. The fourth-order valence-electron chi connectivity index (χ4n) is 4.06. The summed E-state index contributed by atoms with van der Waals surface area (Å²) in [6.07, 6.45) is -3.11. The molecule has 1 aromatic carbocycles. The van der Waals surface area contributed by atoms with E-state index in [9.17, 15) is 18.0 Å². The van der Waals surface area contributed by atoms with Crippen LogP contribution in [0.4, 0.5) is 13.2 Å². The number of carbonyl (C=O) groups is 2. The first kappa shape index (κ1) is 29.1. The number of hydrogen-bond donors (Lipinski definition) is 2. The lowest BCUT2D eigenvalue weighted by Crippen LogP contribution is -2.41. The summed E-state index contributed by atoms with van der Waals surface area (Å²) in [6, 6.07) is 15.7. The number of aliphatic carboxylic acids is 1. The van der Waals surface area contributed by atoms with Crippen molar-refractivity contribution in [2.45, 2.75) is 6.18 Å². The van der Waals surface area contributed by atoms with Crippen LogP contribution in [0.1, 0.15) is 10.4 Å². The van der Waals surface area contributed by atoms with Gasteiger partial charge in [-0.3, -0.25) is 9.69 Å². The molecule has 0 atom stereocenters. The van der Waals surface area contributed by atoms with Gasteiger partial charge in [0.1, 0.15) is 10.8 Å². The van der Waals surface area contributed by atoms with Gasteiger partial charge in [0.2, 0.25) is 0 Å². The molecule has 1 fully saturated rings. The Morgan fingerprint density at radius 2 is 1.90 bits per heavy atom. The highest BCUT2D eigenvalue weighted by Gasteiger charge is 2.38. The molecule has 4 heterocycles. The van der Waals surface area contributed by atoms with Gasteiger partial charge < -0.3 is 24.3 Å². The van der Waals surface area contributed by atoms with Gasteiger partial charge in [0.25, 0.3) is 5.91 Å². The van der Waals surface area contributed by atoms with Crippen molar-refractivity contribution < 1.29 is 37.3 Å². The van der Waals surface area contributed by atoms with Crippen molar-refractivity contribution in [3.63, 3.8) is 0 Å². The van der Waals surface area contributed by atoms with E-state index in [1.54, 1.807) is 18.4 Å². The Balaban J connectivity index is 0.000000470. The smallest absolute Gasteiger partial charge is 0.490 e. The molecular formula is C27H27F3N4O5S. The van der Waals surface area contributed by atoms with Crippen LogP contribution in [0, 0.1) is 0 Å². The lowest BCUT2D eigenvalue weighted by molar-refractivity contribution is -0.192. The Hall–Kier alpha value is -3.94. The number of alkyl halides is 3. The van der Waals surface area contributed by atoms with E-state index in [0.29, 0.717) is 12.1 Å². The average molecular weight is 577 g/mol. The highest BCUT2D eigenvalue weighted by atomic mass is 32.1. The maximum Gasteiger partial charge on any atom is 0.490 e. The Morgan fingerprint density at radius 1 is 1.15 bits per heavy atom. The van der Waals surface area contributed by atoms with Crippen molar-refractivity contribution in [1.82, 2.24) is 19.6 Å². The highest BCUT2D eigenvalue weighted by Crippen LogP contribution is 2.32. The molecule has 212 valence electrons. The van der Waals surface area contributed by atoms with Crippen LogP contribution in [0.15, 0.2) is 60.1 Å². The van der Waals surface area contributed by atoms with Gasteiger partial charge in [0, 0.05) is 43.3 Å². The van der Waals surface area contributed by atoms with Crippen LogP contribution in [0.5, 0.6) is 5.75 Å². The molecule has 0 aliphatic carbocycles. The first-order valence-corrected chi connectivity index (χ1v) is 13.1. The molecule has 0 bridgehead atoms. The number of amides is 1. The third-order valence-electron chi connectivity index (χ3n) is 6.06. The molecule has 0 radical (unpaired) electrons. The number of carboxylic acids is 1. The summed E-state index contributed by atoms with van der Waals surface area (Å²) in [7, 11) is 1.66. The summed E-state index contributed by atoms with van der Waals surface area (Å²) in [5.41, 5.74) is 4.27. The minimum atomic E-state index is -5.08. The minimum Gasteiger partial charge on any atom is -0.497 e. The first-order chi connectivity index (χ1) is 19.2. The van der Waals surface area contributed by atoms with E-state index in [2.05, 4.69) is 10.2 Å². The number of morpholine rings is 1. The van der Waals surface area contributed by atoms with Gasteiger partial charge in [0.05, 0.1) is 42.8 Å². The lowest BCUT2D eigenvalue weighted by atomic mass is 10.2. The van der Waals surface area contributed by atoms with Crippen molar-refractivity contribution in [3.8, 4) is 27.7 Å². The summed E-state index contributed by atoms with van der Waals surface area (Å²) < 4.78 is 44.5.